The van der Waals surface area contributed by atoms with Crippen LogP contribution in [0.5, 0.6) is 0 Å². The summed E-state index contributed by atoms with van der Waals surface area (Å²) in [5, 5.41) is 2.45. The Morgan fingerprint density at radius 3 is 2.58 bits per heavy atom. The van der Waals surface area contributed by atoms with Crippen LogP contribution in [-0.2, 0) is 0 Å². The molecule has 0 atom stereocenters. The van der Waals surface area contributed by atoms with E-state index in [4.69, 9.17) is 0 Å². The Labute approximate surface area is 152 Å². The van der Waals surface area contributed by atoms with Crippen molar-refractivity contribution in [3.63, 3.8) is 0 Å². The maximum atomic E-state index is 4.64. The van der Waals surface area contributed by atoms with Crippen molar-refractivity contribution in [2.45, 2.75) is 19.9 Å². The van der Waals surface area contributed by atoms with Crippen molar-refractivity contribution in [2.75, 3.05) is 7.05 Å². The number of benzene rings is 2. The van der Waals surface area contributed by atoms with Crippen LogP contribution in [0.15, 0.2) is 60.8 Å². The molecule has 2 aromatic carbocycles. The standard InChI is InChI=1S/C22H20N4/c1-15(2)26-21-13-16(10-11-17(21)18-7-6-12-23-22(18)26)25-14-24(3)19-8-4-5-9-20(19)25/h4-13,15H,1-3H3/q+2. The number of aromatic nitrogens is 2. The number of fused-ring (bicyclic) bond motifs is 4. The van der Waals surface area contributed by atoms with Gasteiger partial charge in [-0.15, -0.1) is 0 Å². The van der Waals surface area contributed by atoms with Crippen molar-refractivity contribution in [3.05, 3.63) is 60.8 Å². The van der Waals surface area contributed by atoms with Gasteiger partial charge in [-0.3, -0.25) is 0 Å². The van der Waals surface area contributed by atoms with E-state index in [9.17, 15) is 0 Å². The van der Waals surface area contributed by atoms with Gasteiger partial charge in [-0.05, 0) is 36.6 Å². The van der Waals surface area contributed by atoms with Gasteiger partial charge >= 0.3 is 6.01 Å². The molecule has 0 fully saturated rings. The minimum Gasteiger partial charge on any atom is -0.323 e. The van der Waals surface area contributed by atoms with Crippen LogP contribution in [0, 0.1) is 0 Å². The average Bonchev–Trinajstić information content (AvgIpc) is 3.17. The van der Waals surface area contributed by atoms with E-state index in [1.54, 1.807) is 0 Å². The normalized spacial score (nSPS) is 13.4. The zero-order valence-electron chi connectivity index (χ0n) is 15.1. The van der Waals surface area contributed by atoms with E-state index >= 15 is 0 Å². The van der Waals surface area contributed by atoms with Gasteiger partial charge in [0.05, 0.1) is 5.52 Å². The molecule has 0 bridgehead atoms. The number of hydrogen-bond acceptors (Lipinski definition) is 1. The van der Waals surface area contributed by atoms with Crippen molar-refractivity contribution in [1.29, 1.82) is 0 Å². The summed E-state index contributed by atoms with van der Waals surface area (Å²) in [5.74, 6) is 0. The van der Waals surface area contributed by atoms with Crippen molar-refractivity contribution >= 4 is 45.0 Å². The van der Waals surface area contributed by atoms with Crippen molar-refractivity contribution in [2.24, 2.45) is 0 Å². The summed E-state index contributed by atoms with van der Waals surface area (Å²) in [4.78, 5) is 4.64. The number of pyridine rings is 1. The Balaban J connectivity index is 1.81. The lowest BCUT2D eigenvalue weighted by Crippen LogP contribution is -2.03. The summed E-state index contributed by atoms with van der Waals surface area (Å²) in [7, 11) is 2.03. The smallest absolute Gasteiger partial charge is 0.323 e. The van der Waals surface area contributed by atoms with Crippen LogP contribution in [0.25, 0.3) is 21.9 Å². The summed E-state index contributed by atoms with van der Waals surface area (Å²) < 4.78 is 6.49. The molecule has 4 heteroatoms. The van der Waals surface area contributed by atoms with Crippen LogP contribution in [0.2, 0.25) is 0 Å². The van der Waals surface area contributed by atoms with E-state index in [2.05, 4.69) is 82.5 Å². The summed E-state index contributed by atoms with van der Waals surface area (Å²) in [6.45, 7) is 4.41. The molecule has 26 heavy (non-hydrogen) atoms. The van der Waals surface area contributed by atoms with Gasteiger partial charge in [-0.1, -0.05) is 16.7 Å². The molecule has 0 saturated heterocycles. The van der Waals surface area contributed by atoms with Crippen LogP contribution in [0.1, 0.15) is 19.9 Å². The molecule has 4 aromatic rings. The second-order valence-corrected chi connectivity index (χ2v) is 7.02. The highest BCUT2D eigenvalue weighted by Crippen LogP contribution is 2.36. The van der Waals surface area contributed by atoms with Crippen LogP contribution < -0.4 is 4.58 Å². The molecular formula is C22H20N4+2. The molecule has 0 spiro atoms. The zero-order valence-corrected chi connectivity index (χ0v) is 15.1. The molecule has 1 aliphatic rings. The summed E-state index contributed by atoms with van der Waals surface area (Å²) in [5.41, 5.74) is 5.68. The third-order valence-corrected chi connectivity index (χ3v) is 5.05. The highest BCUT2D eigenvalue weighted by Gasteiger charge is 2.32. The molecule has 3 heterocycles. The lowest BCUT2D eigenvalue weighted by atomic mass is 10.1. The maximum Gasteiger partial charge on any atom is 0.496 e. The molecule has 0 unspecified atom stereocenters. The van der Waals surface area contributed by atoms with E-state index in [0.29, 0.717) is 6.04 Å². The van der Waals surface area contributed by atoms with Crippen LogP contribution >= 0.6 is 0 Å². The first-order chi connectivity index (χ1) is 12.6. The van der Waals surface area contributed by atoms with Gasteiger partial charge in [0, 0.05) is 47.3 Å². The van der Waals surface area contributed by atoms with Gasteiger partial charge in [0.1, 0.15) is 5.65 Å². The number of nitrogens with zero attached hydrogens (tertiary/aromatic N) is 4. The first kappa shape index (κ1) is 15.1. The largest absolute Gasteiger partial charge is 0.496 e. The molecular weight excluding hydrogens is 320 g/mol. The highest BCUT2D eigenvalue weighted by atomic mass is 15.2. The van der Waals surface area contributed by atoms with Crippen molar-refractivity contribution in [3.8, 4) is 0 Å². The third-order valence-electron chi connectivity index (χ3n) is 5.05. The zero-order chi connectivity index (χ0) is 17.8. The van der Waals surface area contributed by atoms with Crippen LogP contribution in [-0.4, -0.2) is 27.2 Å². The van der Waals surface area contributed by atoms with Crippen LogP contribution in [0.4, 0.5) is 17.1 Å². The topological polar surface area (TPSA) is 23.8 Å². The second kappa shape index (κ2) is 5.38. The van der Waals surface area contributed by atoms with Crippen molar-refractivity contribution < 1.29 is 4.58 Å². The fourth-order valence-corrected chi connectivity index (χ4v) is 3.91. The first-order valence-corrected chi connectivity index (χ1v) is 8.93. The molecule has 5 rings (SSSR count). The predicted molar refractivity (Wildman–Crippen MR) is 106 cm³/mol. The monoisotopic (exact) mass is 340 g/mol. The predicted octanol–water partition coefficient (Wildman–Crippen LogP) is 5.07. The molecule has 0 saturated carbocycles. The summed E-state index contributed by atoms with van der Waals surface area (Å²) in [6.07, 6.45) is 1.87. The summed E-state index contributed by atoms with van der Waals surface area (Å²) in [6, 6.07) is 22.9. The number of hydrogen-bond donors (Lipinski definition) is 0. The lowest BCUT2D eigenvalue weighted by molar-refractivity contribution is -0.394. The molecule has 4 nitrogen and oxygen atoms in total. The average molecular weight is 340 g/mol. The molecule has 1 aliphatic heterocycles. The second-order valence-electron chi connectivity index (χ2n) is 7.02. The van der Waals surface area contributed by atoms with Gasteiger partial charge in [-0.25, -0.2) is 4.98 Å². The molecule has 0 aliphatic carbocycles. The minimum atomic E-state index is 0.335. The SMILES string of the molecule is CC(C)n1c2cc([N+]3=C=[N+](C)c4ccccc43)ccc2c2cccnc21. The van der Waals surface area contributed by atoms with Gasteiger partial charge in [-0.2, -0.15) is 0 Å². The van der Waals surface area contributed by atoms with Gasteiger partial charge < -0.3 is 4.57 Å². The minimum absolute atomic E-state index is 0.335. The molecule has 2 aromatic heterocycles. The molecule has 126 valence electrons. The quantitative estimate of drug-likeness (QED) is 0.468. The maximum absolute atomic E-state index is 4.64. The van der Waals surface area contributed by atoms with Crippen molar-refractivity contribution in [1.82, 2.24) is 14.1 Å². The van der Waals surface area contributed by atoms with E-state index in [0.717, 1.165) is 17.0 Å². The Kier molecular flexibility index (Phi) is 3.12. The Morgan fingerprint density at radius 2 is 1.77 bits per heavy atom. The lowest BCUT2D eigenvalue weighted by Gasteiger charge is -2.10. The van der Waals surface area contributed by atoms with E-state index in [1.807, 2.05) is 23.9 Å². The molecule has 0 radical (unpaired) electrons. The summed E-state index contributed by atoms with van der Waals surface area (Å²) >= 11 is 0. The molecule has 0 N–H and O–H groups in total. The molecule has 0 amide bonds. The van der Waals surface area contributed by atoms with Gasteiger partial charge in [0.25, 0.3) is 11.4 Å². The fraction of sp³-hybridized carbons (Fsp3) is 0.182. The third kappa shape index (κ3) is 2.00. The number of para-hydroxylation sites is 2. The van der Waals surface area contributed by atoms with E-state index in [1.165, 1.54) is 22.0 Å². The van der Waals surface area contributed by atoms with E-state index in [-0.39, 0.29) is 0 Å². The fourth-order valence-electron chi connectivity index (χ4n) is 3.91. The Hall–Kier alpha value is -3.23. The van der Waals surface area contributed by atoms with E-state index < -0.39 is 0 Å². The first-order valence-electron chi connectivity index (χ1n) is 8.93. The van der Waals surface area contributed by atoms with Gasteiger partial charge in [0.15, 0.2) is 7.05 Å². The Bertz CT molecular complexity index is 1250. The Morgan fingerprint density at radius 1 is 0.962 bits per heavy atom. The van der Waals surface area contributed by atoms with Gasteiger partial charge in [0.2, 0.25) is 5.69 Å². The highest BCUT2D eigenvalue weighted by molar-refractivity contribution is 6.07. The van der Waals surface area contributed by atoms with Crippen LogP contribution in [0.3, 0.4) is 0 Å². The number of rotatable bonds is 2.